The van der Waals surface area contributed by atoms with Crippen LogP contribution in [0.1, 0.15) is 18.1 Å². The van der Waals surface area contributed by atoms with Gasteiger partial charge in [0.15, 0.2) is 6.29 Å². The Hall–Kier alpha value is -3.76. The second-order valence-electron chi connectivity index (χ2n) is 9.64. The van der Waals surface area contributed by atoms with Crippen LogP contribution in [0.25, 0.3) is 11.1 Å². The van der Waals surface area contributed by atoms with Crippen LogP contribution in [0, 0.1) is 0 Å². The molecule has 45 heavy (non-hydrogen) atoms. The van der Waals surface area contributed by atoms with Crippen LogP contribution < -0.4 is 4.74 Å². The van der Waals surface area contributed by atoms with Crippen LogP contribution in [0.3, 0.4) is 0 Å². The van der Waals surface area contributed by atoms with E-state index in [1.807, 2.05) is 30.3 Å². The molecule has 12 heteroatoms. The van der Waals surface area contributed by atoms with Gasteiger partial charge in [-0.15, -0.1) is 0 Å². The molecule has 0 radical (unpaired) electrons. The predicted molar refractivity (Wildman–Crippen MR) is 170 cm³/mol. The van der Waals surface area contributed by atoms with Gasteiger partial charge < -0.3 is 9.84 Å². The van der Waals surface area contributed by atoms with Crippen LogP contribution in [0.4, 0.5) is 25.2 Å². The summed E-state index contributed by atoms with van der Waals surface area (Å²) in [5.74, 6) is 0.746. The number of carbonyl (C=O) groups excluding carboxylic acids is 1. The normalized spacial score (nSPS) is 13.4. The Morgan fingerprint density at radius 2 is 0.911 bits per heavy atom. The quantitative estimate of drug-likeness (QED) is 0.0553. The molecule has 236 valence electrons. The van der Waals surface area contributed by atoms with Gasteiger partial charge in [0.25, 0.3) is 0 Å². The minimum atomic E-state index is -10.7. The summed E-state index contributed by atoms with van der Waals surface area (Å²) in [7, 11) is -10.7. The van der Waals surface area contributed by atoms with Gasteiger partial charge in [0.05, 0.1) is 11.1 Å². The van der Waals surface area contributed by atoms with Crippen molar-refractivity contribution < 1.29 is 39.8 Å². The molecule has 0 saturated heterocycles. The third-order valence-electron chi connectivity index (χ3n) is 5.82. The van der Waals surface area contributed by atoms with Crippen molar-refractivity contribution in [2.75, 3.05) is 0 Å². The van der Waals surface area contributed by atoms with Crippen molar-refractivity contribution in [2.24, 2.45) is 0 Å². The molecule has 2 N–H and O–H groups in total. The van der Waals surface area contributed by atoms with Gasteiger partial charge in [-0.3, -0.25) is 4.79 Å². The average Bonchev–Trinajstić information content (AvgIpc) is 2.97. The molecule has 0 bridgehead atoms. The molecule has 1 atom stereocenters. The van der Waals surface area contributed by atoms with Gasteiger partial charge in [0.2, 0.25) is 0 Å². The molecule has 0 amide bonds. The van der Waals surface area contributed by atoms with E-state index >= 15 is 0 Å². The van der Waals surface area contributed by atoms with Gasteiger partial charge in [0.1, 0.15) is 5.75 Å². The Balaban J connectivity index is 0.000000591. The van der Waals surface area contributed by atoms with Crippen LogP contribution in [0.2, 0.25) is 0 Å². The molecule has 0 aliphatic rings. The second-order valence-corrected chi connectivity index (χ2v) is 13.8. The summed E-state index contributed by atoms with van der Waals surface area (Å²) >= 11 is 3.45. The average molecular weight is 681 g/mol. The summed E-state index contributed by atoms with van der Waals surface area (Å²) in [6, 6.07) is 42.5. The first-order chi connectivity index (χ1) is 21.0. The van der Waals surface area contributed by atoms with E-state index in [0.29, 0.717) is 11.3 Å². The first-order valence-corrected chi connectivity index (χ1v) is 16.9. The standard InChI is InChI=1S/C33H26O3S2.F6P/c1-23(34)36-28-15-7-26(8-16-28)33(35)27-13-21-32(22-14-27)38-31-19-11-25(12-20-31)24-9-17-30(18-10-24)37-29-5-3-2-4-6-29;1-7(2,3,4,5)6/h2-23,34H,1H3;/q;-1/p+1. The van der Waals surface area contributed by atoms with E-state index in [9.17, 15) is 35.1 Å². The van der Waals surface area contributed by atoms with Gasteiger partial charge in [-0.1, -0.05) is 66.0 Å². The molecule has 5 aromatic rings. The van der Waals surface area contributed by atoms with Crippen molar-refractivity contribution in [3.8, 4) is 16.9 Å². The van der Waals surface area contributed by atoms with Crippen molar-refractivity contribution in [1.29, 1.82) is 0 Å². The minimum absolute atomic E-state index is 0.197. The SMILES string of the molecule is CC(O)Oc1ccc(C(=[OH+])c2ccc(Sc3ccc(-c4ccc(Sc5ccccc5)cc4)cc3)cc2)cc1.F[P-](F)(F)(F)(F)F. The van der Waals surface area contributed by atoms with Crippen LogP contribution in [0.5, 0.6) is 5.75 Å². The topological polar surface area (TPSA) is 50.9 Å². The van der Waals surface area contributed by atoms with Crippen molar-refractivity contribution >= 4 is 37.1 Å². The van der Waals surface area contributed by atoms with E-state index in [0.717, 1.165) is 15.4 Å². The molecule has 5 aromatic carbocycles. The van der Waals surface area contributed by atoms with E-state index in [-0.39, 0.29) is 5.78 Å². The van der Waals surface area contributed by atoms with Gasteiger partial charge in [0, 0.05) is 19.6 Å². The van der Waals surface area contributed by atoms with E-state index in [2.05, 4.69) is 72.8 Å². The fourth-order valence-electron chi connectivity index (χ4n) is 3.93. The van der Waals surface area contributed by atoms with Gasteiger partial charge >= 0.3 is 38.8 Å². The van der Waals surface area contributed by atoms with E-state index in [4.69, 9.17) is 4.74 Å². The van der Waals surface area contributed by atoms with E-state index < -0.39 is 14.1 Å². The number of ether oxygens (including phenoxy) is 1. The maximum atomic E-state index is 10.7. The Morgan fingerprint density at radius 3 is 1.29 bits per heavy atom. The number of hydrogen-bond acceptors (Lipinski definition) is 4. The zero-order valence-electron chi connectivity index (χ0n) is 23.5. The van der Waals surface area contributed by atoms with Crippen molar-refractivity contribution in [3.63, 3.8) is 0 Å². The molecule has 0 heterocycles. The summed E-state index contributed by atoms with van der Waals surface area (Å²) in [6.45, 7) is 1.55. The first kappa shape index (κ1) is 34.1. The zero-order valence-corrected chi connectivity index (χ0v) is 26.1. The monoisotopic (exact) mass is 680 g/mol. The number of aliphatic hydroxyl groups excluding tert-OH is 1. The molecular formula is C33H27F6O3PS2. The van der Waals surface area contributed by atoms with Crippen molar-refractivity contribution in [3.05, 3.63) is 139 Å². The van der Waals surface area contributed by atoms with E-state index in [1.54, 1.807) is 54.7 Å². The van der Waals surface area contributed by atoms with Crippen molar-refractivity contribution in [1.82, 2.24) is 0 Å². The predicted octanol–water partition coefficient (Wildman–Crippen LogP) is 11.7. The molecule has 0 fully saturated rings. The zero-order chi connectivity index (χ0) is 32.7. The van der Waals surface area contributed by atoms with Gasteiger partial charge in [-0.25, -0.2) is 0 Å². The first-order valence-electron chi connectivity index (χ1n) is 13.3. The number of halogens is 6. The van der Waals surface area contributed by atoms with Gasteiger partial charge in [-0.05, 0) is 103 Å². The van der Waals surface area contributed by atoms with Crippen molar-refractivity contribution in [2.45, 2.75) is 32.8 Å². The van der Waals surface area contributed by atoms with Crippen LogP contribution in [-0.4, -0.2) is 22.0 Å². The molecule has 5 rings (SSSR count). The Bertz CT molecular complexity index is 1700. The fraction of sp³-hybridized carbons (Fsp3) is 0.0606. The van der Waals surface area contributed by atoms with Crippen LogP contribution in [-0.2, 0) is 0 Å². The number of aliphatic hydroxyl groups is 1. The number of hydrogen-bond donors (Lipinski definition) is 1. The molecule has 0 saturated carbocycles. The third kappa shape index (κ3) is 12.6. The van der Waals surface area contributed by atoms with Crippen LogP contribution >= 0.6 is 31.3 Å². The Kier molecular flexibility index (Phi) is 10.1. The summed E-state index contributed by atoms with van der Waals surface area (Å²) in [5.41, 5.74) is 3.80. The molecule has 0 aliphatic carbocycles. The summed E-state index contributed by atoms with van der Waals surface area (Å²) in [6.07, 6.45) is -0.879. The molecule has 0 aliphatic heterocycles. The molecule has 0 spiro atoms. The fourth-order valence-corrected chi connectivity index (χ4v) is 5.58. The third-order valence-corrected chi connectivity index (χ3v) is 7.85. The summed E-state index contributed by atoms with van der Waals surface area (Å²) < 4.78 is 64.4. The number of rotatable bonds is 9. The number of ketones is 1. The van der Waals surface area contributed by atoms with E-state index in [1.165, 1.54) is 20.9 Å². The number of benzene rings is 5. The Labute approximate surface area is 264 Å². The Morgan fingerprint density at radius 1 is 0.578 bits per heavy atom. The summed E-state index contributed by atoms with van der Waals surface area (Å²) in [5, 5.41) is 9.33. The van der Waals surface area contributed by atoms with Crippen LogP contribution in [0.15, 0.2) is 147 Å². The molecular weight excluding hydrogens is 653 g/mol. The maximum absolute atomic E-state index is 10.7. The summed E-state index contributed by atoms with van der Waals surface area (Å²) in [4.78, 5) is 15.4. The molecule has 3 nitrogen and oxygen atoms in total. The molecule has 0 aromatic heterocycles. The second kappa shape index (κ2) is 13.3. The molecule has 1 unspecified atom stereocenters. The van der Waals surface area contributed by atoms with Gasteiger partial charge in [-0.2, -0.15) is 0 Å².